The normalized spacial score (nSPS) is 11.1. The molecule has 0 aliphatic carbocycles. The molecule has 0 bridgehead atoms. The highest BCUT2D eigenvalue weighted by Gasteiger charge is 2.31. The molecule has 0 saturated heterocycles. The Morgan fingerprint density at radius 3 is 2.30 bits per heavy atom. The Balaban J connectivity index is 2.95. The van der Waals surface area contributed by atoms with Crippen molar-refractivity contribution < 1.29 is 32.2 Å². The van der Waals surface area contributed by atoms with Crippen LogP contribution in [-0.4, -0.2) is 26.0 Å². The highest BCUT2D eigenvalue weighted by molar-refractivity contribution is 6.00. The van der Waals surface area contributed by atoms with Crippen molar-refractivity contribution in [1.29, 1.82) is 0 Å². The summed E-state index contributed by atoms with van der Waals surface area (Å²) >= 11 is 0. The molecule has 0 radical (unpaired) electrons. The standard InChI is InChI=1S/C13H13F3O4/c1-19-11-7-8(13(14,15)16)3-4-9(11)10(17)5-6-12(18)20-2/h3-4,7H,5-6H2,1-2H3. The molecule has 0 unspecified atom stereocenters. The number of hydrogen-bond donors (Lipinski definition) is 0. The molecule has 7 heteroatoms. The van der Waals surface area contributed by atoms with Crippen LogP contribution in [0, 0.1) is 0 Å². The third-order valence-electron chi connectivity index (χ3n) is 2.61. The second-order valence-electron chi connectivity index (χ2n) is 3.91. The van der Waals surface area contributed by atoms with E-state index in [1.54, 1.807) is 0 Å². The zero-order valence-corrected chi connectivity index (χ0v) is 10.9. The Morgan fingerprint density at radius 2 is 1.80 bits per heavy atom. The molecule has 110 valence electrons. The van der Waals surface area contributed by atoms with Gasteiger partial charge in [-0.15, -0.1) is 0 Å². The molecular weight excluding hydrogens is 277 g/mol. The molecule has 4 nitrogen and oxygen atoms in total. The lowest BCUT2D eigenvalue weighted by molar-refractivity contribution is -0.140. The number of hydrogen-bond acceptors (Lipinski definition) is 4. The van der Waals surface area contributed by atoms with Crippen molar-refractivity contribution >= 4 is 11.8 Å². The van der Waals surface area contributed by atoms with E-state index in [0.717, 1.165) is 18.2 Å². The summed E-state index contributed by atoms with van der Waals surface area (Å²) < 4.78 is 46.8. The van der Waals surface area contributed by atoms with Gasteiger partial charge in [0.05, 0.1) is 31.8 Å². The number of rotatable bonds is 5. The number of carbonyl (C=O) groups excluding carboxylic acids is 2. The van der Waals surface area contributed by atoms with Crippen LogP contribution in [0.4, 0.5) is 13.2 Å². The van der Waals surface area contributed by atoms with Gasteiger partial charge < -0.3 is 9.47 Å². The maximum atomic E-state index is 12.5. The molecule has 0 atom stereocenters. The second-order valence-corrected chi connectivity index (χ2v) is 3.91. The molecular formula is C13H13F3O4. The van der Waals surface area contributed by atoms with E-state index in [1.807, 2.05) is 0 Å². The van der Waals surface area contributed by atoms with E-state index in [1.165, 1.54) is 14.2 Å². The number of ketones is 1. The topological polar surface area (TPSA) is 52.6 Å². The van der Waals surface area contributed by atoms with Crippen molar-refractivity contribution in [3.63, 3.8) is 0 Å². The van der Waals surface area contributed by atoms with Crippen molar-refractivity contribution in [2.75, 3.05) is 14.2 Å². The zero-order valence-electron chi connectivity index (χ0n) is 10.9. The van der Waals surface area contributed by atoms with Gasteiger partial charge in [-0.05, 0) is 18.2 Å². The quantitative estimate of drug-likeness (QED) is 0.618. The van der Waals surface area contributed by atoms with Gasteiger partial charge in [0.1, 0.15) is 5.75 Å². The Labute approximate surface area is 113 Å². The summed E-state index contributed by atoms with van der Waals surface area (Å²) in [5.74, 6) is -1.22. The van der Waals surface area contributed by atoms with Gasteiger partial charge in [-0.1, -0.05) is 0 Å². The molecule has 1 rings (SSSR count). The van der Waals surface area contributed by atoms with Crippen molar-refractivity contribution in [1.82, 2.24) is 0 Å². The van der Waals surface area contributed by atoms with E-state index in [4.69, 9.17) is 4.74 Å². The summed E-state index contributed by atoms with van der Waals surface area (Å²) in [4.78, 5) is 22.8. The van der Waals surface area contributed by atoms with Gasteiger partial charge in [0.2, 0.25) is 0 Å². The molecule has 0 spiro atoms. The minimum absolute atomic E-state index is 0.00408. The highest BCUT2D eigenvalue weighted by atomic mass is 19.4. The first-order valence-corrected chi connectivity index (χ1v) is 5.65. The fraction of sp³-hybridized carbons (Fsp3) is 0.385. The van der Waals surface area contributed by atoms with Crippen molar-refractivity contribution in [2.45, 2.75) is 19.0 Å². The van der Waals surface area contributed by atoms with Crippen LogP contribution in [0.3, 0.4) is 0 Å². The number of Topliss-reactive ketones (excluding diaryl/α,β-unsaturated/α-hetero) is 1. The zero-order chi connectivity index (χ0) is 15.3. The number of methoxy groups -OCH3 is 2. The molecule has 0 aromatic heterocycles. The molecule has 0 aliphatic heterocycles. The SMILES string of the molecule is COC(=O)CCC(=O)c1ccc(C(F)(F)F)cc1OC. The predicted octanol–water partition coefficient (Wildman–Crippen LogP) is 2.85. The number of alkyl halides is 3. The molecule has 0 amide bonds. The number of esters is 1. The van der Waals surface area contributed by atoms with Gasteiger partial charge in [-0.3, -0.25) is 9.59 Å². The Bertz CT molecular complexity index is 509. The first-order valence-electron chi connectivity index (χ1n) is 5.65. The van der Waals surface area contributed by atoms with Crippen molar-refractivity contribution in [3.05, 3.63) is 29.3 Å². The Morgan fingerprint density at radius 1 is 1.15 bits per heavy atom. The van der Waals surface area contributed by atoms with Gasteiger partial charge in [0.15, 0.2) is 5.78 Å². The molecule has 0 heterocycles. The van der Waals surface area contributed by atoms with E-state index >= 15 is 0 Å². The van der Waals surface area contributed by atoms with Crippen LogP contribution < -0.4 is 4.74 Å². The van der Waals surface area contributed by atoms with Crippen LogP contribution in [0.25, 0.3) is 0 Å². The van der Waals surface area contributed by atoms with E-state index in [0.29, 0.717) is 0 Å². The van der Waals surface area contributed by atoms with Crippen LogP contribution in [0.1, 0.15) is 28.8 Å². The lowest BCUT2D eigenvalue weighted by atomic mass is 10.0. The molecule has 0 aliphatic rings. The third kappa shape index (κ3) is 3.97. The summed E-state index contributed by atoms with van der Waals surface area (Å²) in [6, 6.07) is 2.60. The summed E-state index contributed by atoms with van der Waals surface area (Å²) in [5, 5.41) is 0. The van der Waals surface area contributed by atoms with E-state index in [2.05, 4.69) is 4.74 Å². The van der Waals surface area contributed by atoms with Crippen LogP contribution in [0.15, 0.2) is 18.2 Å². The van der Waals surface area contributed by atoms with Gasteiger partial charge in [0.25, 0.3) is 0 Å². The number of halogens is 3. The summed E-state index contributed by atoms with van der Waals surface area (Å²) in [6.07, 6.45) is -4.81. The maximum Gasteiger partial charge on any atom is 0.416 e. The van der Waals surface area contributed by atoms with Gasteiger partial charge in [-0.25, -0.2) is 0 Å². The van der Waals surface area contributed by atoms with E-state index in [-0.39, 0.29) is 24.2 Å². The van der Waals surface area contributed by atoms with Gasteiger partial charge >= 0.3 is 12.1 Å². The molecule has 1 aromatic rings. The van der Waals surface area contributed by atoms with E-state index in [9.17, 15) is 22.8 Å². The lowest BCUT2D eigenvalue weighted by Gasteiger charge is -2.11. The van der Waals surface area contributed by atoms with Gasteiger partial charge in [0, 0.05) is 6.42 Å². The fourth-order valence-electron chi connectivity index (χ4n) is 1.55. The van der Waals surface area contributed by atoms with Crippen LogP contribution in [0.5, 0.6) is 5.75 Å². The molecule has 0 saturated carbocycles. The van der Waals surface area contributed by atoms with Crippen LogP contribution >= 0.6 is 0 Å². The second kappa shape index (κ2) is 6.40. The smallest absolute Gasteiger partial charge is 0.416 e. The average molecular weight is 290 g/mol. The first-order chi connectivity index (χ1) is 9.29. The number of benzene rings is 1. The minimum Gasteiger partial charge on any atom is -0.496 e. The molecule has 20 heavy (non-hydrogen) atoms. The number of carbonyl (C=O) groups is 2. The average Bonchev–Trinajstić information content (AvgIpc) is 2.42. The maximum absolute atomic E-state index is 12.5. The summed E-state index contributed by atoms with van der Waals surface area (Å²) in [7, 11) is 2.36. The highest BCUT2D eigenvalue weighted by Crippen LogP contribution is 2.33. The van der Waals surface area contributed by atoms with Crippen molar-refractivity contribution in [2.24, 2.45) is 0 Å². The Hall–Kier alpha value is -2.05. The predicted molar refractivity (Wildman–Crippen MR) is 63.6 cm³/mol. The first kappa shape index (κ1) is 16.0. The van der Waals surface area contributed by atoms with E-state index < -0.39 is 23.5 Å². The Kier molecular flexibility index (Phi) is 5.12. The molecule has 1 aromatic carbocycles. The number of ether oxygens (including phenoxy) is 2. The summed E-state index contributed by atoms with van der Waals surface area (Å²) in [6.45, 7) is 0. The molecule has 0 N–H and O–H groups in total. The van der Waals surface area contributed by atoms with Crippen LogP contribution in [-0.2, 0) is 15.7 Å². The minimum atomic E-state index is -4.51. The monoisotopic (exact) mass is 290 g/mol. The third-order valence-corrected chi connectivity index (χ3v) is 2.61. The largest absolute Gasteiger partial charge is 0.496 e. The lowest BCUT2D eigenvalue weighted by Crippen LogP contribution is -2.10. The van der Waals surface area contributed by atoms with Crippen LogP contribution in [0.2, 0.25) is 0 Å². The fourth-order valence-corrected chi connectivity index (χ4v) is 1.55. The van der Waals surface area contributed by atoms with Crippen molar-refractivity contribution in [3.8, 4) is 5.75 Å². The molecule has 0 fully saturated rings. The van der Waals surface area contributed by atoms with Gasteiger partial charge in [-0.2, -0.15) is 13.2 Å². The summed E-state index contributed by atoms with van der Waals surface area (Å²) in [5.41, 5.74) is -0.900.